The number of alkyl halides is 3. The molecule has 1 heterocycles. The second kappa shape index (κ2) is 4.56. The molecular formula is C12H14F3NO. The largest absolute Gasteiger partial charge is 0.416 e. The van der Waals surface area contributed by atoms with Gasteiger partial charge in [0.15, 0.2) is 0 Å². The van der Waals surface area contributed by atoms with Crippen LogP contribution in [-0.2, 0) is 17.3 Å². The average Bonchev–Trinajstić information content (AvgIpc) is 2.72. The fourth-order valence-corrected chi connectivity index (χ4v) is 2.01. The predicted octanol–water partition coefficient (Wildman–Crippen LogP) is 2.87. The molecule has 0 spiro atoms. The number of nitrogens with two attached hydrogens (primary N) is 1. The number of ether oxygens (including phenoxy) is 1. The molecule has 0 saturated carbocycles. The lowest BCUT2D eigenvalue weighted by Crippen LogP contribution is -2.09. The Hall–Kier alpha value is -1.23. The standard InChI is InChI=1S/C12H14F3NO/c13-12(14,15)10-2-1-9(11(16)6-10)5-8-3-4-17-7-8/h1-2,6,8H,3-5,7,16H2. The van der Waals surface area contributed by atoms with Crippen molar-refractivity contribution >= 4 is 5.69 Å². The van der Waals surface area contributed by atoms with Gasteiger partial charge in [-0.15, -0.1) is 0 Å². The third-order valence-corrected chi connectivity index (χ3v) is 3.01. The van der Waals surface area contributed by atoms with Gasteiger partial charge in [-0.05, 0) is 36.5 Å². The molecular weight excluding hydrogens is 231 g/mol. The highest BCUT2D eigenvalue weighted by Crippen LogP contribution is 2.32. The molecule has 5 heteroatoms. The molecule has 1 aliphatic rings. The van der Waals surface area contributed by atoms with Gasteiger partial charge >= 0.3 is 6.18 Å². The van der Waals surface area contributed by atoms with Crippen LogP contribution < -0.4 is 5.73 Å². The molecule has 2 nitrogen and oxygen atoms in total. The van der Waals surface area contributed by atoms with Gasteiger partial charge in [0.1, 0.15) is 0 Å². The highest BCUT2D eigenvalue weighted by molar-refractivity contribution is 5.50. The molecule has 1 aromatic carbocycles. The molecule has 1 fully saturated rings. The van der Waals surface area contributed by atoms with Crippen molar-refractivity contribution in [2.45, 2.75) is 19.0 Å². The van der Waals surface area contributed by atoms with E-state index in [2.05, 4.69) is 0 Å². The summed E-state index contributed by atoms with van der Waals surface area (Å²) in [5.41, 5.74) is 5.95. The van der Waals surface area contributed by atoms with Gasteiger partial charge in [0.25, 0.3) is 0 Å². The third kappa shape index (κ3) is 2.91. The summed E-state index contributed by atoms with van der Waals surface area (Å²) in [5, 5.41) is 0. The number of hydrogen-bond donors (Lipinski definition) is 1. The summed E-state index contributed by atoms with van der Waals surface area (Å²) >= 11 is 0. The molecule has 1 aliphatic heterocycles. The Morgan fingerprint density at radius 3 is 2.65 bits per heavy atom. The number of anilines is 1. The number of nitrogen functional groups attached to an aromatic ring is 1. The van der Waals surface area contributed by atoms with Crippen molar-refractivity contribution in [2.75, 3.05) is 18.9 Å². The Bertz CT molecular complexity index is 397. The Kier molecular flexibility index (Phi) is 3.28. The van der Waals surface area contributed by atoms with Gasteiger partial charge in [0.05, 0.1) is 5.56 Å². The number of benzene rings is 1. The first-order valence-electron chi connectivity index (χ1n) is 5.50. The smallest absolute Gasteiger partial charge is 0.398 e. The van der Waals surface area contributed by atoms with Gasteiger partial charge < -0.3 is 10.5 Å². The van der Waals surface area contributed by atoms with E-state index in [4.69, 9.17) is 10.5 Å². The van der Waals surface area contributed by atoms with E-state index in [1.54, 1.807) is 0 Å². The lowest BCUT2D eigenvalue weighted by Gasteiger charge is -2.13. The fourth-order valence-electron chi connectivity index (χ4n) is 2.01. The van der Waals surface area contributed by atoms with Gasteiger partial charge in [0.2, 0.25) is 0 Å². The summed E-state index contributed by atoms with van der Waals surface area (Å²) in [6.07, 6.45) is -2.70. The Morgan fingerprint density at radius 2 is 2.12 bits per heavy atom. The van der Waals surface area contributed by atoms with Gasteiger partial charge in [-0.2, -0.15) is 13.2 Å². The van der Waals surface area contributed by atoms with Crippen LogP contribution in [0.5, 0.6) is 0 Å². The Morgan fingerprint density at radius 1 is 1.35 bits per heavy atom. The van der Waals surface area contributed by atoms with E-state index in [1.165, 1.54) is 6.07 Å². The maximum atomic E-state index is 12.4. The Labute approximate surface area is 97.6 Å². The van der Waals surface area contributed by atoms with E-state index >= 15 is 0 Å². The van der Waals surface area contributed by atoms with Crippen molar-refractivity contribution in [2.24, 2.45) is 5.92 Å². The molecule has 0 bridgehead atoms. The van der Waals surface area contributed by atoms with Crippen LogP contribution in [0.2, 0.25) is 0 Å². The van der Waals surface area contributed by atoms with Crippen LogP contribution >= 0.6 is 0 Å². The van der Waals surface area contributed by atoms with Crippen molar-refractivity contribution in [1.82, 2.24) is 0 Å². The van der Waals surface area contributed by atoms with Crippen molar-refractivity contribution in [1.29, 1.82) is 0 Å². The molecule has 0 amide bonds. The van der Waals surface area contributed by atoms with Crippen LogP contribution in [0, 0.1) is 5.92 Å². The predicted molar refractivity (Wildman–Crippen MR) is 58.5 cm³/mol. The SMILES string of the molecule is Nc1cc(C(F)(F)F)ccc1CC1CCOC1. The third-order valence-electron chi connectivity index (χ3n) is 3.01. The van der Waals surface area contributed by atoms with Crippen LogP contribution in [0.3, 0.4) is 0 Å². The van der Waals surface area contributed by atoms with Crippen molar-refractivity contribution in [3.63, 3.8) is 0 Å². The molecule has 2 rings (SSSR count). The highest BCUT2D eigenvalue weighted by Gasteiger charge is 2.31. The summed E-state index contributed by atoms with van der Waals surface area (Å²) in [6, 6.07) is 3.56. The zero-order valence-corrected chi connectivity index (χ0v) is 9.26. The van der Waals surface area contributed by atoms with E-state index in [0.29, 0.717) is 18.9 Å². The van der Waals surface area contributed by atoms with Crippen molar-refractivity contribution in [3.05, 3.63) is 29.3 Å². The second-order valence-electron chi connectivity index (χ2n) is 4.35. The monoisotopic (exact) mass is 245 g/mol. The van der Waals surface area contributed by atoms with E-state index < -0.39 is 11.7 Å². The lowest BCUT2D eigenvalue weighted by atomic mass is 9.96. The van der Waals surface area contributed by atoms with Gasteiger partial charge in [0, 0.05) is 18.9 Å². The molecule has 1 saturated heterocycles. The summed E-state index contributed by atoms with van der Waals surface area (Å²) < 4.78 is 42.5. The minimum Gasteiger partial charge on any atom is -0.398 e. The zero-order chi connectivity index (χ0) is 12.5. The molecule has 94 valence electrons. The van der Waals surface area contributed by atoms with Crippen LogP contribution in [0.25, 0.3) is 0 Å². The number of hydrogen-bond acceptors (Lipinski definition) is 2. The highest BCUT2D eigenvalue weighted by atomic mass is 19.4. The average molecular weight is 245 g/mol. The summed E-state index contributed by atoms with van der Waals surface area (Å²) in [4.78, 5) is 0. The zero-order valence-electron chi connectivity index (χ0n) is 9.26. The lowest BCUT2D eigenvalue weighted by molar-refractivity contribution is -0.137. The summed E-state index contributed by atoms with van der Waals surface area (Å²) in [6.45, 7) is 1.39. The maximum absolute atomic E-state index is 12.4. The molecule has 17 heavy (non-hydrogen) atoms. The topological polar surface area (TPSA) is 35.2 Å². The first kappa shape index (κ1) is 12.2. The van der Waals surface area contributed by atoms with Crippen LogP contribution in [0.15, 0.2) is 18.2 Å². The second-order valence-corrected chi connectivity index (χ2v) is 4.35. The molecule has 1 atom stereocenters. The summed E-state index contributed by atoms with van der Waals surface area (Å²) in [7, 11) is 0. The number of rotatable bonds is 2. The van der Waals surface area contributed by atoms with Gasteiger partial charge in [-0.1, -0.05) is 6.07 Å². The summed E-state index contributed by atoms with van der Waals surface area (Å²) in [5.74, 6) is 0.369. The van der Waals surface area contributed by atoms with Crippen molar-refractivity contribution in [3.8, 4) is 0 Å². The van der Waals surface area contributed by atoms with Crippen LogP contribution in [0.4, 0.5) is 18.9 Å². The quantitative estimate of drug-likeness (QED) is 0.813. The first-order valence-corrected chi connectivity index (χ1v) is 5.50. The number of halogens is 3. The van der Waals surface area contributed by atoms with Gasteiger partial charge in [-0.25, -0.2) is 0 Å². The minimum atomic E-state index is -4.33. The molecule has 1 aromatic rings. The maximum Gasteiger partial charge on any atom is 0.416 e. The molecule has 0 aromatic heterocycles. The van der Waals surface area contributed by atoms with E-state index in [-0.39, 0.29) is 5.69 Å². The van der Waals surface area contributed by atoms with Crippen LogP contribution in [0.1, 0.15) is 17.5 Å². The normalized spacial score (nSPS) is 20.8. The Balaban J connectivity index is 2.14. The van der Waals surface area contributed by atoms with E-state index in [0.717, 1.165) is 30.7 Å². The van der Waals surface area contributed by atoms with E-state index in [9.17, 15) is 13.2 Å². The van der Waals surface area contributed by atoms with Gasteiger partial charge in [-0.3, -0.25) is 0 Å². The first-order chi connectivity index (χ1) is 7.97. The fraction of sp³-hybridized carbons (Fsp3) is 0.500. The minimum absolute atomic E-state index is 0.215. The molecule has 0 aliphatic carbocycles. The molecule has 1 unspecified atom stereocenters. The van der Waals surface area contributed by atoms with Crippen LogP contribution in [-0.4, -0.2) is 13.2 Å². The van der Waals surface area contributed by atoms with Crippen molar-refractivity contribution < 1.29 is 17.9 Å². The molecule has 2 N–H and O–H groups in total. The molecule has 0 radical (unpaired) electrons. The van der Waals surface area contributed by atoms with E-state index in [1.807, 2.05) is 0 Å².